The number of hydrogen-bond donors (Lipinski definition) is 1. The molecule has 1 rings (SSSR count). The molecule has 0 bridgehead atoms. The van der Waals surface area contributed by atoms with Gasteiger partial charge in [0.25, 0.3) is 0 Å². The summed E-state index contributed by atoms with van der Waals surface area (Å²) in [5.74, 6) is -4.85. The first kappa shape index (κ1) is 14.5. The lowest BCUT2D eigenvalue weighted by atomic mass is 10.0. The van der Waals surface area contributed by atoms with Crippen LogP contribution in [0.4, 0.5) is 13.2 Å². The summed E-state index contributed by atoms with van der Waals surface area (Å²) in [6.07, 6.45) is -1.39. The van der Waals surface area contributed by atoms with E-state index >= 15 is 0 Å². The maximum atomic E-state index is 12.9. The molecule has 3 nitrogen and oxygen atoms in total. The van der Waals surface area contributed by atoms with Gasteiger partial charge in [0.1, 0.15) is 0 Å². The molecule has 0 radical (unpaired) electrons. The molecule has 0 saturated carbocycles. The van der Waals surface area contributed by atoms with Crippen molar-refractivity contribution < 1.29 is 27.8 Å². The second-order valence-electron chi connectivity index (χ2n) is 3.66. The normalized spacial score (nSPS) is 12.3. The van der Waals surface area contributed by atoms with E-state index in [1.807, 2.05) is 0 Å². The van der Waals surface area contributed by atoms with Crippen LogP contribution in [0.2, 0.25) is 0 Å². The Morgan fingerprint density at radius 3 is 2.39 bits per heavy atom. The molecular weight excluding hydrogens is 249 g/mol. The topological polar surface area (TPSA) is 46.5 Å². The van der Waals surface area contributed by atoms with Crippen LogP contribution in [0.15, 0.2) is 12.1 Å². The molecule has 0 fully saturated rings. The number of halogens is 3. The summed E-state index contributed by atoms with van der Waals surface area (Å²) >= 11 is 0. The number of hydrogen-bond acceptors (Lipinski definition) is 3. The highest BCUT2D eigenvalue weighted by Crippen LogP contribution is 2.22. The van der Waals surface area contributed by atoms with Gasteiger partial charge in [-0.2, -0.15) is 0 Å². The molecule has 0 saturated heterocycles. The molecular formula is C12H13F3O3. The standard InChI is InChI=1S/C12H13F3O3/c1-2-18-11(17)4-3-10(16)7-5-8(13)12(15)9(14)6-7/h5-6,10,16H,2-4H2,1H3. The maximum absolute atomic E-state index is 12.9. The number of carbonyl (C=O) groups is 1. The van der Waals surface area contributed by atoms with Crippen molar-refractivity contribution in [2.24, 2.45) is 0 Å². The van der Waals surface area contributed by atoms with Gasteiger partial charge in [-0.3, -0.25) is 4.79 Å². The number of benzene rings is 1. The fourth-order valence-electron chi connectivity index (χ4n) is 1.42. The van der Waals surface area contributed by atoms with Crippen molar-refractivity contribution in [1.82, 2.24) is 0 Å². The maximum Gasteiger partial charge on any atom is 0.305 e. The molecule has 0 amide bonds. The van der Waals surface area contributed by atoms with Gasteiger partial charge in [0, 0.05) is 6.42 Å². The van der Waals surface area contributed by atoms with Crippen LogP contribution in [0.1, 0.15) is 31.4 Å². The molecule has 0 aliphatic carbocycles. The smallest absolute Gasteiger partial charge is 0.305 e. The fourth-order valence-corrected chi connectivity index (χ4v) is 1.42. The minimum Gasteiger partial charge on any atom is -0.466 e. The van der Waals surface area contributed by atoms with Crippen molar-refractivity contribution in [3.8, 4) is 0 Å². The quantitative estimate of drug-likeness (QED) is 0.655. The Morgan fingerprint density at radius 1 is 1.33 bits per heavy atom. The van der Waals surface area contributed by atoms with Gasteiger partial charge in [0.2, 0.25) is 0 Å². The SMILES string of the molecule is CCOC(=O)CCC(O)c1cc(F)c(F)c(F)c1. The summed E-state index contributed by atoms with van der Waals surface area (Å²) in [6.45, 7) is 1.85. The molecule has 1 unspecified atom stereocenters. The molecule has 0 aliphatic heterocycles. The van der Waals surface area contributed by atoms with E-state index in [1.165, 1.54) is 0 Å². The molecule has 0 spiro atoms. The largest absolute Gasteiger partial charge is 0.466 e. The summed E-state index contributed by atoms with van der Waals surface area (Å²) < 4.78 is 43.1. The first-order valence-electron chi connectivity index (χ1n) is 5.43. The number of ether oxygens (including phenoxy) is 1. The molecule has 1 aromatic carbocycles. The van der Waals surface area contributed by atoms with Gasteiger partial charge in [-0.15, -0.1) is 0 Å². The predicted molar refractivity (Wildman–Crippen MR) is 57.1 cm³/mol. The van der Waals surface area contributed by atoms with Crippen molar-refractivity contribution in [2.45, 2.75) is 25.9 Å². The van der Waals surface area contributed by atoms with Crippen LogP contribution < -0.4 is 0 Å². The van der Waals surface area contributed by atoms with E-state index in [-0.39, 0.29) is 25.0 Å². The molecule has 0 heterocycles. The summed E-state index contributed by atoms with van der Waals surface area (Å²) in [7, 11) is 0. The minimum absolute atomic E-state index is 0.0522. The Kier molecular flexibility index (Phi) is 5.15. The van der Waals surface area contributed by atoms with E-state index in [9.17, 15) is 23.1 Å². The number of carbonyl (C=O) groups excluding carboxylic acids is 1. The lowest BCUT2D eigenvalue weighted by Gasteiger charge is -2.11. The van der Waals surface area contributed by atoms with E-state index in [0.29, 0.717) is 12.1 Å². The van der Waals surface area contributed by atoms with E-state index in [2.05, 4.69) is 4.74 Å². The van der Waals surface area contributed by atoms with Crippen molar-refractivity contribution in [3.05, 3.63) is 35.1 Å². The Labute approximate surface area is 102 Å². The fraction of sp³-hybridized carbons (Fsp3) is 0.417. The van der Waals surface area contributed by atoms with E-state index < -0.39 is 29.5 Å². The second-order valence-corrected chi connectivity index (χ2v) is 3.66. The Balaban J connectivity index is 2.67. The zero-order valence-corrected chi connectivity index (χ0v) is 9.75. The van der Waals surface area contributed by atoms with Crippen LogP contribution in [-0.4, -0.2) is 17.7 Å². The van der Waals surface area contributed by atoms with E-state index in [0.717, 1.165) is 0 Å². The molecule has 6 heteroatoms. The van der Waals surface area contributed by atoms with Crippen molar-refractivity contribution in [3.63, 3.8) is 0 Å². The third-order valence-electron chi connectivity index (χ3n) is 2.32. The van der Waals surface area contributed by atoms with Crippen molar-refractivity contribution in [2.75, 3.05) is 6.61 Å². The van der Waals surface area contributed by atoms with E-state index in [1.54, 1.807) is 6.92 Å². The Bertz CT molecular complexity index is 412. The number of esters is 1. The van der Waals surface area contributed by atoms with Gasteiger partial charge < -0.3 is 9.84 Å². The minimum atomic E-state index is -1.59. The van der Waals surface area contributed by atoms with Gasteiger partial charge in [-0.25, -0.2) is 13.2 Å². The Hall–Kier alpha value is -1.56. The molecule has 100 valence electrons. The summed E-state index contributed by atoms with van der Waals surface area (Å²) in [5.41, 5.74) is -0.115. The monoisotopic (exact) mass is 262 g/mol. The number of rotatable bonds is 5. The Morgan fingerprint density at radius 2 is 1.89 bits per heavy atom. The molecule has 1 N–H and O–H groups in total. The molecule has 0 aromatic heterocycles. The summed E-state index contributed by atoms with van der Waals surface area (Å²) in [5, 5.41) is 9.61. The predicted octanol–water partition coefficient (Wildman–Crippen LogP) is 2.48. The molecule has 1 aromatic rings. The van der Waals surface area contributed by atoms with Crippen LogP contribution in [0.3, 0.4) is 0 Å². The first-order valence-corrected chi connectivity index (χ1v) is 5.43. The van der Waals surface area contributed by atoms with Gasteiger partial charge in [0.05, 0.1) is 12.7 Å². The average molecular weight is 262 g/mol. The van der Waals surface area contributed by atoms with Gasteiger partial charge in [-0.1, -0.05) is 0 Å². The van der Waals surface area contributed by atoms with Crippen LogP contribution in [-0.2, 0) is 9.53 Å². The van der Waals surface area contributed by atoms with E-state index in [4.69, 9.17) is 0 Å². The van der Waals surface area contributed by atoms with Crippen molar-refractivity contribution in [1.29, 1.82) is 0 Å². The van der Waals surface area contributed by atoms with Crippen LogP contribution >= 0.6 is 0 Å². The van der Waals surface area contributed by atoms with Crippen molar-refractivity contribution >= 4 is 5.97 Å². The highest BCUT2D eigenvalue weighted by Gasteiger charge is 2.16. The van der Waals surface area contributed by atoms with Crippen LogP contribution in [0.5, 0.6) is 0 Å². The van der Waals surface area contributed by atoms with Crippen LogP contribution in [0.25, 0.3) is 0 Å². The zero-order valence-electron chi connectivity index (χ0n) is 9.75. The number of aliphatic hydroxyl groups is 1. The molecule has 0 aliphatic rings. The zero-order chi connectivity index (χ0) is 13.7. The average Bonchev–Trinajstić information content (AvgIpc) is 2.32. The van der Waals surface area contributed by atoms with Gasteiger partial charge >= 0.3 is 5.97 Å². The number of aliphatic hydroxyl groups excluding tert-OH is 1. The molecule has 1 atom stereocenters. The lowest BCUT2D eigenvalue weighted by Crippen LogP contribution is -2.08. The highest BCUT2D eigenvalue weighted by molar-refractivity contribution is 5.69. The van der Waals surface area contributed by atoms with Crippen LogP contribution in [0, 0.1) is 17.5 Å². The molecule has 18 heavy (non-hydrogen) atoms. The second kappa shape index (κ2) is 6.39. The lowest BCUT2D eigenvalue weighted by molar-refractivity contribution is -0.143. The summed E-state index contributed by atoms with van der Waals surface area (Å²) in [6, 6.07) is 1.41. The third kappa shape index (κ3) is 3.73. The van der Waals surface area contributed by atoms with Gasteiger partial charge in [-0.05, 0) is 31.0 Å². The summed E-state index contributed by atoms with van der Waals surface area (Å²) in [4.78, 5) is 11.0. The third-order valence-corrected chi connectivity index (χ3v) is 2.32. The van der Waals surface area contributed by atoms with Gasteiger partial charge in [0.15, 0.2) is 17.5 Å². The highest BCUT2D eigenvalue weighted by atomic mass is 19.2. The first-order chi connectivity index (χ1) is 8.45.